The van der Waals surface area contributed by atoms with Crippen molar-refractivity contribution in [2.45, 2.75) is 21.4 Å². The smallest absolute Gasteiger partial charge is 0.250 e. The summed E-state index contributed by atoms with van der Waals surface area (Å²) in [6.07, 6.45) is 1.27. The molecule has 0 unspecified atom stereocenters. The molecule has 10 heteroatoms. The number of carbonyl (C=O) groups is 1. The van der Waals surface area contributed by atoms with Crippen molar-refractivity contribution in [1.29, 1.82) is 0 Å². The van der Waals surface area contributed by atoms with E-state index >= 15 is 0 Å². The number of hydrogen-bond acceptors (Lipinski definition) is 7. The minimum absolute atomic E-state index is 0.148. The van der Waals surface area contributed by atoms with E-state index in [1.165, 1.54) is 46.5 Å². The van der Waals surface area contributed by atoms with Crippen LogP contribution in [0.25, 0.3) is 0 Å². The molecule has 0 atom stereocenters. The summed E-state index contributed by atoms with van der Waals surface area (Å²) in [7, 11) is 0. The standard InChI is InChI=1S/C19H16BrFN4OS3/c1-12-2-4-13(5-3-12)10-27-18-24-25-19(29-18)28-11-17(26)23-22-9-14-8-15(20)6-7-16(14)21/h2-9H,10-11H2,1H3,(H,23,26)/b22-9+. The van der Waals surface area contributed by atoms with Gasteiger partial charge in [-0.3, -0.25) is 4.79 Å². The monoisotopic (exact) mass is 510 g/mol. The van der Waals surface area contributed by atoms with Crippen molar-refractivity contribution >= 4 is 62.9 Å². The highest BCUT2D eigenvalue weighted by atomic mass is 79.9. The van der Waals surface area contributed by atoms with Crippen molar-refractivity contribution in [1.82, 2.24) is 15.6 Å². The minimum atomic E-state index is -0.412. The molecule has 2 aromatic carbocycles. The van der Waals surface area contributed by atoms with E-state index in [9.17, 15) is 9.18 Å². The minimum Gasteiger partial charge on any atom is -0.272 e. The lowest BCUT2D eigenvalue weighted by Crippen LogP contribution is -2.19. The molecule has 150 valence electrons. The van der Waals surface area contributed by atoms with Crippen molar-refractivity contribution in [3.8, 4) is 0 Å². The fraction of sp³-hybridized carbons (Fsp3) is 0.158. The van der Waals surface area contributed by atoms with Gasteiger partial charge in [-0.1, -0.05) is 80.6 Å². The van der Waals surface area contributed by atoms with Crippen LogP contribution in [0.1, 0.15) is 16.7 Å². The van der Waals surface area contributed by atoms with E-state index in [0.717, 1.165) is 14.6 Å². The number of hydrazone groups is 1. The van der Waals surface area contributed by atoms with Crippen molar-refractivity contribution in [3.05, 3.63) is 69.4 Å². The Labute approximate surface area is 188 Å². The van der Waals surface area contributed by atoms with Gasteiger partial charge in [0.05, 0.1) is 12.0 Å². The van der Waals surface area contributed by atoms with Crippen LogP contribution in [0.2, 0.25) is 0 Å². The predicted octanol–water partition coefficient (Wildman–Crippen LogP) is 5.28. The first kappa shape index (κ1) is 21.9. The number of benzene rings is 2. The SMILES string of the molecule is Cc1ccc(CSc2nnc(SCC(=O)N/N=C/c3cc(Br)ccc3F)s2)cc1. The topological polar surface area (TPSA) is 67.2 Å². The van der Waals surface area contributed by atoms with Crippen molar-refractivity contribution in [3.63, 3.8) is 0 Å². The van der Waals surface area contributed by atoms with E-state index in [1.54, 1.807) is 23.9 Å². The Bertz CT molecular complexity index is 1010. The van der Waals surface area contributed by atoms with Crippen molar-refractivity contribution < 1.29 is 9.18 Å². The van der Waals surface area contributed by atoms with Crippen LogP contribution in [0.15, 0.2) is 60.7 Å². The summed E-state index contributed by atoms with van der Waals surface area (Å²) in [6.45, 7) is 2.06. The van der Waals surface area contributed by atoms with Gasteiger partial charge in [0.2, 0.25) is 0 Å². The van der Waals surface area contributed by atoms with Crippen LogP contribution in [0, 0.1) is 12.7 Å². The summed E-state index contributed by atoms with van der Waals surface area (Å²) in [6, 6.07) is 12.9. The first-order chi connectivity index (χ1) is 14.0. The van der Waals surface area contributed by atoms with Crippen LogP contribution in [0.4, 0.5) is 4.39 Å². The summed E-state index contributed by atoms with van der Waals surface area (Å²) in [5, 5.41) is 12.0. The first-order valence-electron chi connectivity index (χ1n) is 8.41. The number of nitrogens with one attached hydrogen (secondary N) is 1. The van der Waals surface area contributed by atoms with Gasteiger partial charge in [0.1, 0.15) is 5.82 Å². The summed E-state index contributed by atoms with van der Waals surface area (Å²) in [5.74, 6) is 0.257. The largest absolute Gasteiger partial charge is 0.272 e. The van der Waals surface area contributed by atoms with Gasteiger partial charge in [0.25, 0.3) is 5.91 Å². The van der Waals surface area contributed by atoms with Crippen LogP contribution in [0.5, 0.6) is 0 Å². The molecule has 29 heavy (non-hydrogen) atoms. The van der Waals surface area contributed by atoms with Crippen LogP contribution in [0.3, 0.4) is 0 Å². The molecule has 1 heterocycles. The molecule has 0 aliphatic heterocycles. The van der Waals surface area contributed by atoms with E-state index in [-0.39, 0.29) is 17.2 Å². The Hall–Kier alpha value is -1.75. The maximum Gasteiger partial charge on any atom is 0.250 e. The zero-order valence-electron chi connectivity index (χ0n) is 15.3. The average Bonchev–Trinajstić information content (AvgIpc) is 3.16. The molecule has 0 spiro atoms. The first-order valence-corrected chi connectivity index (χ1v) is 12.0. The number of nitrogens with zero attached hydrogens (tertiary/aromatic N) is 3. The zero-order valence-corrected chi connectivity index (χ0v) is 19.3. The molecule has 0 fully saturated rings. The highest BCUT2D eigenvalue weighted by Crippen LogP contribution is 2.30. The van der Waals surface area contributed by atoms with Crippen LogP contribution >= 0.6 is 50.8 Å². The number of thioether (sulfide) groups is 2. The molecule has 0 saturated carbocycles. The number of aryl methyl sites for hydroxylation is 1. The maximum absolute atomic E-state index is 13.6. The fourth-order valence-electron chi connectivity index (χ4n) is 2.09. The molecule has 0 aliphatic rings. The normalized spacial score (nSPS) is 11.1. The van der Waals surface area contributed by atoms with Gasteiger partial charge in [-0.15, -0.1) is 10.2 Å². The van der Waals surface area contributed by atoms with Crippen LogP contribution in [-0.4, -0.2) is 28.1 Å². The molecule has 1 N–H and O–H groups in total. The highest BCUT2D eigenvalue weighted by molar-refractivity contribution is 9.10. The molecule has 1 amide bonds. The number of carbonyl (C=O) groups excluding carboxylic acids is 1. The molecular formula is C19H16BrFN4OS3. The third-order valence-electron chi connectivity index (χ3n) is 3.55. The quantitative estimate of drug-likeness (QED) is 0.253. The van der Waals surface area contributed by atoms with E-state index < -0.39 is 5.82 Å². The lowest BCUT2D eigenvalue weighted by Gasteiger charge is -1.99. The second-order valence-corrected chi connectivity index (χ2v) is 10.2. The number of rotatable bonds is 8. The van der Waals surface area contributed by atoms with E-state index in [1.807, 2.05) is 0 Å². The van der Waals surface area contributed by atoms with Crippen molar-refractivity contribution in [2.75, 3.05) is 5.75 Å². The number of hydrogen-bond donors (Lipinski definition) is 1. The average molecular weight is 511 g/mol. The summed E-state index contributed by atoms with van der Waals surface area (Å²) < 4.78 is 15.9. The summed E-state index contributed by atoms with van der Waals surface area (Å²) in [5.41, 5.74) is 5.13. The van der Waals surface area contributed by atoms with Gasteiger partial charge in [-0.05, 0) is 30.7 Å². The third-order valence-corrected chi connectivity index (χ3v) is 7.30. The van der Waals surface area contributed by atoms with Gasteiger partial charge >= 0.3 is 0 Å². The molecule has 0 saturated heterocycles. The molecule has 1 aromatic heterocycles. The molecule has 3 rings (SSSR count). The second kappa shape index (κ2) is 10.9. The number of halogens is 2. The summed E-state index contributed by atoms with van der Waals surface area (Å²) in [4.78, 5) is 11.9. The van der Waals surface area contributed by atoms with E-state index in [0.29, 0.717) is 4.34 Å². The number of amides is 1. The van der Waals surface area contributed by atoms with Crippen LogP contribution in [-0.2, 0) is 10.5 Å². The zero-order chi connectivity index (χ0) is 20.6. The third kappa shape index (κ3) is 7.22. The molecule has 5 nitrogen and oxygen atoms in total. The lowest BCUT2D eigenvalue weighted by atomic mass is 10.2. The predicted molar refractivity (Wildman–Crippen MR) is 121 cm³/mol. The van der Waals surface area contributed by atoms with Crippen LogP contribution < -0.4 is 5.43 Å². The van der Waals surface area contributed by atoms with E-state index in [2.05, 4.69) is 67.8 Å². The van der Waals surface area contributed by atoms with Gasteiger partial charge in [-0.2, -0.15) is 5.10 Å². The van der Waals surface area contributed by atoms with Crippen molar-refractivity contribution in [2.24, 2.45) is 5.10 Å². The molecule has 3 aromatic rings. The van der Waals surface area contributed by atoms with Gasteiger partial charge < -0.3 is 0 Å². The van der Waals surface area contributed by atoms with Gasteiger partial charge in [-0.25, -0.2) is 9.82 Å². The fourth-order valence-corrected chi connectivity index (χ4v) is 5.24. The number of aromatic nitrogens is 2. The summed E-state index contributed by atoms with van der Waals surface area (Å²) >= 11 is 7.62. The molecular weight excluding hydrogens is 495 g/mol. The Kier molecular flexibility index (Phi) is 8.22. The second-order valence-electron chi connectivity index (χ2n) is 5.86. The Morgan fingerprint density at radius 1 is 1.21 bits per heavy atom. The lowest BCUT2D eigenvalue weighted by molar-refractivity contribution is -0.118. The van der Waals surface area contributed by atoms with Gasteiger partial charge in [0, 0.05) is 15.8 Å². The van der Waals surface area contributed by atoms with Gasteiger partial charge in [0.15, 0.2) is 8.68 Å². The Morgan fingerprint density at radius 3 is 2.69 bits per heavy atom. The van der Waals surface area contributed by atoms with E-state index in [4.69, 9.17) is 0 Å². The Balaban J connectivity index is 1.43. The molecule has 0 aliphatic carbocycles. The molecule has 0 bridgehead atoms. The molecule has 0 radical (unpaired) electrons. The highest BCUT2D eigenvalue weighted by Gasteiger charge is 2.09. The maximum atomic E-state index is 13.6. The Morgan fingerprint density at radius 2 is 1.93 bits per heavy atom.